The van der Waals surface area contributed by atoms with Gasteiger partial charge in [0, 0.05) is 19.6 Å². The predicted molar refractivity (Wildman–Crippen MR) is 77.7 cm³/mol. The zero-order valence-electron chi connectivity index (χ0n) is 12.7. The summed E-state index contributed by atoms with van der Waals surface area (Å²) in [6.07, 6.45) is 0.244. The third-order valence-corrected chi connectivity index (χ3v) is 3.42. The first kappa shape index (κ1) is 15.0. The van der Waals surface area contributed by atoms with Crippen LogP contribution >= 0.6 is 0 Å². The van der Waals surface area contributed by atoms with Gasteiger partial charge in [-0.2, -0.15) is 0 Å². The molecule has 4 nitrogen and oxygen atoms in total. The smallest absolute Gasteiger partial charge is 0.337 e. The Hall–Kier alpha value is -1.39. The maximum absolute atomic E-state index is 11.4. The van der Waals surface area contributed by atoms with E-state index in [9.17, 15) is 4.79 Å². The molecule has 1 heterocycles. The number of morpholine rings is 1. The molecule has 0 radical (unpaired) electrons. The molecule has 2 rings (SSSR count). The van der Waals surface area contributed by atoms with E-state index in [0.29, 0.717) is 5.56 Å². The molecule has 110 valence electrons. The number of hydrogen-bond acceptors (Lipinski definition) is 4. The number of nitrogens with zero attached hydrogens (tertiary/aromatic N) is 1. The van der Waals surface area contributed by atoms with Crippen LogP contribution in [0.1, 0.15) is 36.7 Å². The average molecular weight is 277 g/mol. The fraction of sp³-hybridized carbons (Fsp3) is 0.562. The topological polar surface area (TPSA) is 38.8 Å². The van der Waals surface area contributed by atoms with Crippen LogP contribution in [0.15, 0.2) is 24.3 Å². The van der Waals surface area contributed by atoms with Gasteiger partial charge >= 0.3 is 5.97 Å². The molecule has 0 aromatic heterocycles. The minimum absolute atomic E-state index is 0.108. The van der Waals surface area contributed by atoms with Crippen molar-refractivity contribution in [3.05, 3.63) is 35.4 Å². The lowest BCUT2D eigenvalue weighted by Gasteiger charge is -2.41. The van der Waals surface area contributed by atoms with E-state index in [1.165, 1.54) is 12.7 Å². The lowest BCUT2D eigenvalue weighted by Crippen LogP contribution is -2.51. The Bertz CT molecular complexity index is 467. The first-order valence-corrected chi connectivity index (χ1v) is 6.97. The summed E-state index contributed by atoms with van der Waals surface area (Å²) in [7, 11) is 1.40. The summed E-state index contributed by atoms with van der Waals surface area (Å²) in [6, 6.07) is 7.60. The maximum atomic E-state index is 11.4. The van der Waals surface area contributed by atoms with Gasteiger partial charge in [-0.3, -0.25) is 4.90 Å². The molecule has 1 atom stereocenters. The molecule has 20 heavy (non-hydrogen) atoms. The Labute approximate surface area is 120 Å². The van der Waals surface area contributed by atoms with Crippen molar-refractivity contribution in [1.29, 1.82) is 0 Å². The lowest BCUT2D eigenvalue weighted by atomic mass is 10.0. The summed E-state index contributed by atoms with van der Waals surface area (Å²) in [5.41, 5.74) is 1.68. The molecular weight excluding hydrogens is 254 g/mol. The summed E-state index contributed by atoms with van der Waals surface area (Å²) in [5.74, 6) is -0.294. The molecule has 1 aromatic carbocycles. The quantitative estimate of drug-likeness (QED) is 0.796. The second-order valence-corrected chi connectivity index (χ2v) is 6.05. The Morgan fingerprint density at radius 2 is 2.05 bits per heavy atom. The highest BCUT2D eigenvalue weighted by molar-refractivity contribution is 5.89. The van der Waals surface area contributed by atoms with Gasteiger partial charge in [-0.05, 0) is 38.5 Å². The normalized spacial score (nSPS) is 22.5. The molecule has 0 N–H and O–H groups in total. The van der Waals surface area contributed by atoms with Gasteiger partial charge in [0.05, 0.1) is 24.4 Å². The summed E-state index contributed by atoms with van der Waals surface area (Å²) in [4.78, 5) is 13.8. The fourth-order valence-corrected chi connectivity index (χ4v) is 2.83. The summed E-state index contributed by atoms with van der Waals surface area (Å²) in [6.45, 7) is 9.07. The van der Waals surface area contributed by atoms with Crippen molar-refractivity contribution in [2.24, 2.45) is 0 Å². The van der Waals surface area contributed by atoms with Crippen LogP contribution in [0, 0.1) is 0 Å². The Kier molecular flexibility index (Phi) is 4.45. The van der Waals surface area contributed by atoms with E-state index in [1.807, 2.05) is 24.3 Å². The molecule has 0 aliphatic carbocycles. The van der Waals surface area contributed by atoms with Gasteiger partial charge < -0.3 is 9.47 Å². The van der Waals surface area contributed by atoms with E-state index in [2.05, 4.69) is 25.7 Å². The van der Waals surface area contributed by atoms with Gasteiger partial charge in [0.1, 0.15) is 0 Å². The van der Waals surface area contributed by atoms with Crippen LogP contribution in [0.5, 0.6) is 0 Å². The van der Waals surface area contributed by atoms with Gasteiger partial charge in [0.15, 0.2) is 0 Å². The van der Waals surface area contributed by atoms with Gasteiger partial charge in [0.25, 0.3) is 0 Å². The minimum atomic E-state index is -0.294. The van der Waals surface area contributed by atoms with Crippen molar-refractivity contribution in [3.8, 4) is 0 Å². The highest BCUT2D eigenvalue weighted by atomic mass is 16.5. The Morgan fingerprint density at radius 3 is 2.60 bits per heavy atom. The monoisotopic (exact) mass is 277 g/mol. The number of benzene rings is 1. The minimum Gasteiger partial charge on any atom is -0.465 e. The fourth-order valence-electron chi connectivity index (χ4n) is 2.83. The van der Waals surface area contributed by atoms with Gasteiger partial charge in [0.2, 0.25) is 0 Å². The molecule has 1 aromatic rings. The summed E-state index contributed by atoms with van der Waals surface area (Å²) < 4.78 is 10.6. The number of carbonyl (C=O) groups excluding carboxylic acids is 1. The van der Waals surface area contributed by atoms with E-state index >= 15 is 0 Å². The molecule has 1 aliphatic heterocycles. The van der Waals surface area contributed by atoms with Crippen LogP contribution < -0.4 is 0 Å². The number of carbonyl (C=O) groups is 1. The molecular formula is C16H23NO3. The number of esters is 1. The molecule has 0 amide bonds. The van der Waals surface area contributed by atoms with Crippen molar-refractivity contribution in [2.75, 3.05) is 20.2 Å². The van der Waals surface area contributed by atoms with E-state index in [-0.39, 0.29) is 17.7 Å². The molecule has 0 spiro atoms. The van der Waals surface area contributed by atoms with E-state index in [0.717, 1.165) is 19.6 Å². The molecule has 1 fully saturated rings. The number of hydrogen-bond donors (Lipinski definition) is 0. The molecule has 1 unspecified atom stereocenters. The molecule has 0 saturated carbocycles. The van der Waals surface area contributed by atoms with Crippen LogP contribution in [0.4, 0.5) is 0 Å². The Morgan fingerprint density at radius 1 is 1.40 bits per heavy atom. The van der Waals surface area contributed by atoms with E-state index in [4.69, 9.17) is 9.47 Å². The van der Waals surface area contributed by atoms with Crippen molar-refractivity contribution in [2.45, 2.75) is 39.0 Å². The summed E-state index contributed by atoms with van der Waals surface area (Å²) >= 11 is 0. The number of ether oxygens (including phenoxy) is 2. The van der Waals surface area contributed by atoms with Crippen LogP contribution in [-0.2, 0) is 16.0 Å². The highest BCUT2D eigenvalue weighted by Crippen LogP contribution is 2.22. The average Bonchev–Trinajstić information content (AvgIpc) is 2.36. The molecule has 4 heteroatoms. The standard InChI is InChI=1S/C16H23NO3/c1-12-9-17(11-16(2,3)20-12)10-13-5-7-14(8-6-13)15(18)19-4/h5-8,12H,9-11H2,1-4H3. The largest absolute Gasteiger partial charge is 0.465 e. The molecule has 1 aliphatic rings. The van der Waals surface area contributed by atoms with Crippen LogP contribution in [0.25, 0.3) is 0 Å². The highest BCUT2D eigenvalue weighted by Gasteiger charge is 2.31. The van der Waals surface area contributed by atoms with E-state index in [1.54, 1.807) is 0 Å². The van der Waals surface area contributed by atoms with E-state index < -0.39 is 0 Å². The van der Waals surface area contributed by atoms with Gasteiger partial charge in [-0.15, -0.1) is 0 Å². The number of rotatable bonds is 3. The molecule has 0 bridgehead atoms. The lowest BCUT2D eigenvalue weighted by molar-refractivity contribution is -0.130. The first-order chi connectivity index (χ1) is 9.39. The third kappa shape index (κ3) is 3.81. The molecule has 1 saturated heterocycles. The maximum Gasteiger partial charge on any atom is 0.337 e. The van der Waals surface area contributed by atoms with Crippen LogP contribution in [-0.4, -0.2) is 42.8 Å². The predicted octanol–water partition coefficient (Wildman–Crippen LogP) is 2.47. The Balaban J connectivity index is 2.01. The SMILES string of the molecule is COC(=O)c1ccc(CN2CC(C)OC(C)(C)C2)cc1. The van der Waals surface area contributed by atoms with Gasteiger partial charge in [-0.25, -0.2) is 4.79 Å². The zero-order valence-corrected chi connectivity index (χ0v) is 12.7. The van der Waals surface area contributed by atoms with Crippen LogP contribution in [0.3, 0.4) is 0 Å². The second-order valence-electron chi connectivity index (χ2n) is 6.05. The van der Waals surface area contributed by atoms with Crippen molar-refractivity contribution in [1.82, 2.24) is 4.90 Å². The number of methoxy groups -OCH3 is 1. The van der Waals surface area contributed by atoms with Crippen molar-refractivity contribution < 1.29 is 14.3 Å². The zero-order chi connectivity index (χ0) is 14.8. The summed E-state index contributed by atoms with van der Waals surface area (Å²) in [5, 5.41) is 0. The van der Waals surface area contributed by atoms with Crippen LogP contribution in [0.2, 0.25) is 0 Å². The van der Waals surface area contributed by atoms with Crippen molar-refractivity contribution >= 4 is 5.97 Å². The van der Waals surface area contributed by atoms with Gasteiger partial charge in [-0.1, -0.05) is 12.1 Å². The third-order valence-electron chi connectivity index (χ3n) is 3.42. The second kappa shape index (κ2) is 5.94. The first-order valence-electron chi connectivity index (χ1n) is 6.97. The van der Waals surface area contributed by atoms with Crippen molar-refractivity contribution in [3.63, 3.8) is 0 Å².